The van der Waals surface area contributed by atoms with E-state index >= 15 is 0 Å². The van der Waals surface area contributed by atoms with Gasteiger partial charge in [-0.2, -0.15) is 0 Å². The molecule has 4 aromatic rings. The number of anilines is 2. The molecular formula is C29H33F2N7O3. The molecule has 2 aromatic heterocycles. The molecule has 12 heteroatoms. The van der Waals surface area contributed by atoms with Crippen molar-refractivity contribution in [1.29, 1.82) is 0 Å². The Morgan fingerprint density at radius 2 is 2.05 bits per heavy atom. The molecule has 2 aromatic carbocycles. The Hall–Kier alpha value is -4.32. The average Bonchev–Trinajstić information content (AvgIpc) is 3.68. The van der Waals surface area contributed by atoms with Crippen molar-refractivity contribution in [3.63, 3.8) is 0 Å². The van der Waals surface area contributed by atoms with E-state index in [1.165, 1.54) is 18.4 Å². The third-order valence-electron chi connectivity index (χ3n) is 7.18. The van der Waals surface area contributed by atoms with E-state index in [-0.39, 0.29) is 12.8 Å². The molecule has 5 rings (SSSR count). The fraction of sp³-hybridized carbons (Fsp3) is 0.379. The van der Waals surface area contributed by atoms with Crippen LogP contribution in [0.4, 0.5) is 20.2 Å². The van der Waals surface area contributed by atoms with Gasteiger partial charge in [-0.25, -0.2) is 13.8 Å². The molecule has 10 nitrogen and oxygen atoms in total. The van der Waals surface area contributed by atoms with Crippen LogP contribution in [0.25, 0.3) is 11.5 Å². The minimum atomic E-state index is -1.03. The quantitative estimate of drug-likeness (QED) is 0.202. The van der Waals surface area contributed by atoms with Gasteiger partial charge < -0.3 is 25.1 Å². The first-order chi connectivity index (χ1) is 19.9. The summed E-state index contributed by atoms with van der Waals surface area (Å²) in [5.74, 6) is -1.52. The molecule has 0 radical (unpaired) electrons. The highest BCUT2D eigenvalue weighted by atomic mass is 19.1. The highest BCUT2D eigenvalue weighted by molar-refractivity contribution is 6.00. The van der Waals surface area contributed by atoms with E-state index in [9.17, 15) is 18.7 Å². The number of hydrogen-bond donors (Lipinski definition) is 4. The Morgan fingerprint density at radius 1 is 1.22 bits per heavy atom. The molecule has 3 heterocycles. The van der Waals surface area contributed by atoms with E-state index < -0.39 is 29.7 Å². The molecule has 41 heavy (non-hydrogen) atoms. The Bertz CT molecular complexity index is 1430. The number of benzene rings is 2. The normalized spacial score (nSPS) is 14.3. The third kappa shape index (κ3) is 6.88. The number of amides is 1. The fourth-order valence-corrected chi connectivity index (χ4v) is 5.10. The number of rotatable bonds is 12. The molecule has 2 atom stereocenters. The van der Waals surface area contributed by atoms with Gasteiger partial charge in [-0.15, -0.1) is 5.10 Å². The fourth-order valence-electron chi connectivity index (χ4n) is 5.10. The summed E-state index contributed by atoms with van der Waals surface area (Å²) in [5.41, 5.74) is 3.73. The van der Waals surface area contributed by atoms with Crippen LogP contribution in [0.2, 0.25) is 0 Å². The van der Waals surface area contributed by atoms with E-state index in [1.807, 2.05) is 6.07 Å². The smallest absolute Gasteiger partial charge is 0.251 e. The number of aliphatic hydroxyl groups is 1. The maximum Gasteiger partial charge on any atom is 0.251 e. The summed E-state index contributed by atoms with van der Waals surface area (Å²) in [7, 11) is 0. The molecule has 0 aliphatic carbocycles. The summed E-state index contributed by atoms with van der Waals surface area (Å²) >= 11 is 0. The third-order valence-corrected chi connectivity index (χ3v) is 7.18. The zero-order valence-electron chi connectivity index (χ0n) is 22.7. The standard InChI is InChI=1S/C29H33F2N7O3/c1-2-3-8-38-9-6-32-27-23(29-33-7-10-41-29)14-19(15-25(27)38)28(40)35-24(13-18-11-20(30)16-21(31)12-18)26(39)5-4-22-17-34-37-36-22/h7,10-12,14-17,24,26,32,39H,2-6,8-9,13H2,1H3,(H,35,40)(H,34,36,37). The monoisotopic (exact) mass is 565 g/mol. The van der Waals surface area contributed by atoms with E-state index in [0.717, 1.165) is 55.6 Å². The van der Waals surface area contributed by atoms with Crippen molar-refractivity contribution in [2.24, 2.45) is 0 Å². The molecule has 216 valence electrons. The minimum absolute atomic E-state index is 0.0184. The van der Waals surface area contributed by atoms with Crippen LogP contribution in [0.5, 0.6) is 0 Å². The molecule has 0 fully saturated rings. The Kier molecular flexibility index (Phi) is 8.88. The molecular weight excluding hydrogens is 532 g/mol. The van der Waals surface area contributed by atoms with Crippen LogP contribution in [0.15, 0.2) is 53.4 Å². The Balaban J connectivity index is 1.45. The first-order valence-corrected chi connectivity index (χ1v) is 13.8. The number of aromatic nitrogens is 4. The van der Waals surface area contributed by atoms with Crippen molar-refractivity contribution in [2.45, 2.75) is 51.2 Å². The molecule has 1 aliphatic rings. The van der Waals surface area contributed by atoms with Crippen molar-refractivity contribution in [2.75, 3.05) is 29.9 Å². The number of hydrogen-bond acceptors (Lipinski definition) is 8. The number of unbranched alkanes of at least 4 members (excludes halogenated alkanes) is 1. The lowest BCUT2D eigenvalue weighted by molar-refractivity contribution is 0.0814. The number of aliphatic hydroxyl groups excluding tert-OH is 1. The first-order valence-electron chi connectivity index (χ1n) is 13.8. The van der Waals surface area contributed by atoms with Gasteiger partial charge in [0.15, 0.2) is 0 Å². The molecule has 4 N–H and O–H groups in total. The van der Waals surface area contributed by atoms with Crippen LogP contribution >= 0.6 is 0 Å². The first kappa shape index (κ1) is 28.2. The van der Waals surface area contributed by atoms with Crippen LogP contribution in [-0.4, -0.2) is 63.2 Å². The second-order valence-corrected chi connectivity index (χ2v) is 10.2. The minimum Gasteiger partial charge on any atom is -0.444 e. The molecule has 0 saturated heterocycles. The number of aryl methyl sites for hydroxylation is 1. The highest BCUT2D eigenvalue weighted by Crippen LogP contribution is 2.39. The van der Waals surface area contributed by atoms with Crippen molar-refractivity contribution in [3.05, 3.63) is 77.4 Å². The number of H-pyrrole nitrogens is 1. The van der Waals surface area contributed by atoms with Gasteiger partial charge >= 0.3 is 0 Å². The van der Waals surface area contributed by atoms with Crippen LogP contribution in [0.3, 0.4) is 0 Å². The Labute approximate surface area is 236 Å². The van der Waals surface area contributed by atoms with Crippen molar-refractivity contribution < 1.29 is 23.1 Å². The van der Waals surface area contributed by atoms with Gasteiger partial charge in [0.05, 0.1) is 47.2 Å². The van der Waals surface area contributed by atoms with E-state index in [0.29, 0.717) is 29.0 Å². The predicted octanol–water partition coefficient (Wildman–Crippen LogP) is 4.10. The summed E-state index contributed by atoms with van der Waals surface area (Å²) in [6.45, 7) is 4.47. The molecule has 1 amide bonds. The number of nitrogens with one attached hydrogen (secondary N) is 3. The van der Waals surface area contributed by atoms with Gasteiger partial charge in [-0.1, -0.05) is 18.6 Å². The van der Waals surface area contributed by atoms with Gasteiger partial charge in [0, 0.05) is 31.3 Å². The van der Waals surface area contributed by atoms with E-state index in [4.69, 9.17) is 4.42 Å². The molecule has 0 spiro atoms. The summed E-state index contributed by atoms with van der Waals surface area (Å²) in [5, 5.41) is 27.7. The van der Waals surface area contributed by atoms with Crippen LogP contribution < -0.4 is 15.5 Å². The summed E-state index contributed by atoms with van der Waals surface area (Å²) in [6.07, 6.45) is 6.27. The number of oxazole rings is 1. The summed E-state index contributed by atoms with van der Waals surface area (Å²) < 4.78 is 33.5. The number of carbonyl (C=O) groups excluding carboxylic acids is 1. The predicted molar refractivity (Wildman–Crippen MR) is 150 cm³/mol. The van der Waals surface area contributed by atoms with Gasteiger partial charge in [0.25, 0.3) is 5.91 Å². The van der Waals surface area contributed by atoms with Crippen molar-refractivity contribution >= 4 is 17.3 Å². The lowest BCUT2D eigenvalue weighted by atomic mass is 9.96. The van der Waals surface area contributed by atoms with Gasteiger partial charge in [-0.05, 0) is 55.5 Å². The van der Waals surface area contributed by atoms with Crippen LogP contribution in [0, 0.1) is 11.6 Å². The maximum atomic E-state index is 14.0. The van der Waals surface area contributed by atoms with Crippen LogP contribution in [-0.2, 0) is 12.8 Å². The number of fused-ring (bicyclic) bond motifs is 1. The van der Waals surface area contributed by atoms with Gasteiger partial charge in [-0.3, -0.25) is 9.89 Å². The summed E-state index contributed by atoms with van der Waals surface area (Å²) in [4.78, 5) is 20.3. The second-order valence-electron chi connectivity index (χ2n) is 10.2. The lowest BCUT2D eigenvalue weighted by Crippen LogP contribution is -2.45. The maximum absolute atomic E-state index is 14.0. The summed E-state index contributed by atoms with van der Waals surface area (Å²) in [6, 6.07) is 5.87. The van der Waals surface area contributed by atoms with Crippen molar-refractivity contribution in [1.82, 2.24) is 25.7 Å². The van der Waals surface area contributed by atoms with Gasteiger partial charge in [0.2, 0.25) is 5.89 Å². The average molecular weight is 566 g/mol. The zero-order valence-corrected chi connectivity index (χ0v) is 22.7. The van der Waals surface area contributed by atoms with Crippen molar-refractivity contribution in [3.8, 4) is 11.5 Å². The number of nitrogens with zero attached hydrogens (tertiary/aromatic N) is 4. The van der Waals surface area contributed by atoms with E-state index in [2.05, 4.69) is 42.9 Å². The Morgan fingerprint density at radius 3 is 2.76 bits per heavy atom. The largest absolute Gasteiger partial charge is 0.444 e. The van der Waals surface area contributed by atoms with E-state index in [1.54, 1.807) is 18.5 Å². The molecule has 1 aliphatic heterocycles. The number of halogens is 2. The highest BCUT2D eigenvalue weighted by Gasteiger charge is 2.27. The number of aromatic amines is 1. The lowest BCUT2D eigenvalue weighted by Gasteiger charge is -2.33. The number of carbonyl (C=O) groups is 1. The molecule has 0 bridgehead atoms. The SMILES string of the molecule is CCCCN1CCNc2c(-c3ncco3)cc(C(=O)NC(Cc3cc(F)cc(F)c3)C(O)CCc3cnn[nH]3)cc21. The molecule has 2 unspecified atom stereocenters. The topological polar surface area (TPSA) is 132 Å². The second kappa shape index (κ2) is 12.9. The molecule has 0 saturated carbocycles. The zero-order chi connectivity index (χ0) is 28.8. The van der Waals surface area contributed by atoms with Crippen LogP contribution in [0.1, 0.15) is 47.8 Å². The van der Waals surface area contributed by atoms with Gasteiger partial charge in [0.1, 0.15) is 17.9 Å².